The van der Waals surface area contributed by atoms with Gasteiger partial charge in [-0.05, 0) is 46.5 Å². The highest BCUT2D eigenvalue weighted by Crippen LogP contribution is 2.25. The van der Waals surface area contributed by atoms with E-state index in [1.54, 1.807) is 0 Å². The second-order valence-corrected chi connectivity index (χ2v) is 5.46. The van der Waals surface area contributed by atoms with Crippen molar-refractivity contribution >= 4 is 5.82 Å². The van der Waals surface area contributed by atoms with Gasteiger partial charge < -0.3 is 10.6 Å². The molecule has 2 atom stereocenters. The van der Waals surface area contributed by atoms with Crippen molar-refractivity contribution < 1.29 is 0 Å². The number of nitrogens with zero attached hydrogens (tertiary/aromatic N) is 3. The molecule has 2 unspecified atom stereocenters. The van der Waals surface area contributed by atoms with Crippen LogP contribution < -0.4 is 10.6 Å². The molecular weight excluding hydrogens is 224 g/mol. The Kier molecular flexibility index (Phi) is 4.17. The van der Waals surface area contributed by atoms with Crippen LogP contribution in [0.1, 0.15) is 44.0 Å². The quantitative estimate of drug-likeness (QED) is 0.891. The molecule has 2 N–H and O–H groups in total. The molecule has 0 aliphatic carbocycles. The third-order valence-electron chi connectivity index (χ3n) is 3.74. The van der Waals surface area contributed by atoms with E-state index in [1.165, 1.54) is 19.3 Å². The summed E-state index contributed by atoms with van der Waals surface area (Å²) in [6.45, 7) is 7.19. The SMILES string of the molecule is Cc1ncc(N2CCCCC2CC(C)N)nc1C. The molecule has 1 fully saturated rings. The molecule has 4 nitrogen and oxygen atoms in total. The molecule has 0 radical (unpaired) electrons. The highest BCUT2D eigenvalue weighted by Gasteiger charge is 2.24. The summed E-state index contributed by atoms with van der Waals surface area (Å²) in [5.74, 6) is 1.02. The molecule has 0 aromatic carbocycles. The van der Waals surface area contributed by atoms with E-state index >= 15 is 0 Å². The molecule has 0 saturated carbocycles. The van der Waals surface area contributed by atoms with Crippen molar-refractivity contribution in [3.05, 3.63) is 17.6 Å². The predicted octanol–water partition coefficient (Wildman–Crippen LogP) is 2.19. The minimum atomic E-state index is 0.245. The van der Waals surface area contributed by atoms with E-state index in [2.05, 4.69) is 21.8 Å². The lowest BCUT2D eigenvalue weighted by atomic mass is 9.96. The van der Waals surface area contributed by atoms with E-state index in [0.29, 0.717) is 6.04 Å². The van der Waals surface area contributed by atoms with Crippen molar-refractivity contribution in [2.75, 3.05) is 11.4 Å². The summed E-state index contributed by atoms with van der Waals surface area (Å²) in [6.07, 6.45) is 6.70. The Morgan fingerprint density at radius 1 is 1.39 bits per heavy atom. The maximum Gasteiger partial charge on any atom is 0.147 e. The smallest absolute Gasteiger partial charge is 0.147 e. The number of hydrogen-bond donors (Lipinski definition) is 1. The zero-order valence-corrected chi connectivity index (χ0v) is 11.7. The average molecular weight is 248 g/mol. The summed E-state index contributed by atoms with van der Waals surface area (Å²) in [6, 6.07) is 0.769. The average Bonchev–Trinajstić information content (AvgIpc) is 2.33. The van der Waals surface area contributed by atoms with E-state index in [-0.39, 0.29) is 6.04 Å². The molecule has 2 rings (SSSR count). The van der Waals surface area contributed by atoms with Crippen LogP contribution in [0.5, 0.6) is 0 Å². The molecule has 1 aliphatic rings. The summed E-state index contributed by atoms with van der Waals surface area (Å²) in [7, 11) is 0. The Bertz CT molecular complexity index is 403. The molecular formula is C14H24N4. The minimum Gasteiger partial charge on any atom is -0.352 e. The normalized spacial score (nSPS) is 22.0. The Hall–Kier alpha value is -1.16. The Labute approximate surface area is 110 Å². The van der Waals surface area contributed by atoms with Crippen LogP contribution in [0.4, 0.5) is 5.82 Å². The number of rotatable bonds is 3. The number of piperidine rings is 1. The van der Waals surface area contributed by atoms with Crippen molar-refractivity contribution in [3.63, 3.8) is 0 Å². The standard InChI is InChI=1S/C14H24N4/c1-10(15)8-13-6-4-5-7-18(13)14-9-16-11(2)12(3)17-14/h9-10,13H,4-8,15H2,1-3H3. The summed E-state index contributed by atoms with van der Waals surface area (Å²) in [4.78, 5) is 11.5. The van der Waals surface area contributed by atoms with Crippen molar-refractivity contribution in [1.29, 1.82) is 0 Å². The monoisotopic (exact) mass is 248 g/mol. The minimum absolute atomic E-state index is 0.245. The van der Waals surface area contributed by atoms with Crippen LogP contribution in [0.15, 0.2) is 6.20 Å². The number of aromatic nitrogens is 2. The zero-order chi connectivity index (χ0) is 13.1. The highest BCUT2D eigenvalue weighted by atomic mass is 15.2. The second-order valence-electron chi connectivity index (χ2n) is 5.46. The molecule has 1 aromatic rings. The fraction of sp³-hybridized carbons (Fsp3) is 0.714. The lowest BCUT2D eigenvalue weighted by Gasteiger charge is -2.37. The molecule has 0 spiro atoms. The van der Waals surface area contributed by atoms with Crippen LogP contribution in [0.3, 0.4) is 0 Å². The first-order valence-electron chi connectivity index (χ1n) is 6.90. The Balaban J connectivity index is 2.19. The lowest BCUT2D eigenvalue weighted by molar-refractivity contribution is 0.413. The van der Waals surface area contributed by atoms with Crippen molar-refractivity contribution in [2.45, 2.75) is 58.5 Å². The van der Waals surface area contributed by atoms with Crippen LogP contribution in [0.25, 0.3) is 0 Å². The van der Waals surface area contributed by atoms with E-state index in [4.69, 9.17) is 5.73 Å². The first-order chi connectivity index (χ1) is 8.58. The largest absolute Gasteiger partial charge is 0.352 e. The van der Waals surface area contributed by atoms with Gasteiger partial charge in [0.15, 0.2) is 0 Å². The molecule has 1 saturated heterocycles. The van der Waals surface area contributed by atoms with Crippen molar-refractivity contribution in [1.82, 2.24) is 9.97 Å². The molecule has 1 aliphatic heterocycles. The van der Waals surface area contributed by atoms with Gasteiger partial charge in [0.2, 0.25) is 0 Å². The maximum atomic E-state index is 5.95. The summed E-state index contributed by atoms with van der Waals surface area (Å²) >= 11 is 0. The van der Waals surface area contributed by atoms with E-state index in [1.807, 2.05) is 20.0 Å². The fourth-order valence-corrected chi connectivity index (χ4v) is 2.64. The van der Waals surface area contributed by atoms with E-state index in [9.17, 15) is 0 Å². The molecule has 0 amide bonds. The van der Waals surface area contributed by atoms with Gasteiger partial charge in [-0.15, -0.1) is 0 Å². The van der Waals surface area contributed by atoms with Gasteiger partial charge in [0, 0.05) is 18.6 Å². The fourth-order valence-electron chi connectivity index (χ4n) is 2.64. The van der Waals surface area contributed by atoms with Gasteiger partial charge in [-0.25, -0.2) is 4.98 Å². The van der Waals surface area contributed by atoms with E-state index in [0.717, 1.165) is 30.2 Å². The first kappa shape index (κ1) is 13.3. The van der Waals surface area contributed by atoms with Crippen LogP contribution in [0.2, 0.25) is 0 Å². The topological polar surface area (TPSA) is 55.0 Å². The molecule has 4 heteroatoms. The second kappa shape index (κ2) is 5.65. The van der Waals surface area contributed by atoms with Gasteiger partial charge >= 0.3 is 0 Å². The van der Waals surface area contributed by atoms with Crippen molar-refractivity contribution in [3.8, 4) is 0 Å². The summed E-state index contributed by atoms with van der Waals surface area (Å²) in [5, 5.41) is 0. The summed E-state index contributed by atoms with van der Waals surface area (Å²) in [5.41, 5.74) is 7.99. The third-order valence-corrected chi connectivity index (χ3v) is 3.74. The van der Waals surface area contributed by atoms with Gasteiger partial charge in [-0.1, -0.05) is 0 Å². The van der Waals surface area contributed by atoms with Crippen LogP contribution in [0, 0.1) is 13.8 Å². The van der Waals surface area contributed by atoms with Crippen LogP contribution >= 0.6 is 0 Å². The number of nitrogens with two attached hydrogens (primary N) is 1. The van der Waals surface area contributed by atoms with Gasteiger partial charge in [0.05, 0.1) is 17.6 Å². The third kappa shape index (κ3) is 2.99. The first-order valence-corrected chi connectivity index (χ1v) is 6.90. The maximum absolute atomic E-state index is 5.95. The Morgan fingerprint density at radius 3 is 2.83 bits per heavy atom. The van der Waals surface area contributed by atoms with Gasteiger partial charge in [-0.2, -0.15) is 0 Å². The Morgan fingerprint density at radius 2 is 2.17 bits per heavy atom. The van der Waals surface area contributed by atoms with Gasteiger partial charge in [0.25, 0.3) is 0 Å². The molecule has 2 heterocycles. The van der Waals surface area contributed by atoms with Crippen molar-refractivity contribution in [2.24, 2.45) is 5.73 Å². The molecule has 100 valence electrons. The number of hydrogen-bond acceptors (Lipinski definition) is 4. The molecule has 0 bridgehead atoms. The molecule has 1 aromatic heterocycles. The summed E-state index contributed by atoms with van der Waals surface area (Å²) < 4.78 is 0. The number of anilines is 1. The lowest BCUT2D eigenvalue weighted by Crippen LogP contribution is -2.43. The number of aryl methyl sites for hydroxylation is 2. The van der Waals surface area contributed by atoms with Gasteiger partial charge in [-0.3, -0.25) is 4.98 Å². The van der Waals surface area contributed by atoms with Crippen LogP contribution in [-0.2, 0) is 0 Å². The van der Waals surface area contributed by atoms with Crippen LogP contribution in [-0.4, -0.2) is 28.6 Å². The van der Waals surface area contributed by atoms with E-state index < -0.39 is 0 Å². The van der Waals surface area contributed by atoms with Gasteiger partial charge in [0.1, 0.15) is 5.82 Å². The predicted molar refractivity (Wildman–Crippen MR) is 74.8 cm³/mol. The zero-order valence-electron chi connectivity index (χ0n) is 11.7. The molecule has 18 heavy (non-hydrogen) atoms. The highest BCUT2D eigenvalue weighted by molar-refractivity contribution is 5.39.